The van der Waals surface area contributed by atoms with E-state index < -0.39 is 0 Å². The molecule has 1 aliphatic heterocycles. The molecule has 0 saturated carbocycles. The number of benzene rings is 2. The molecule has 0 bridgehead atoms. The van der Waals surface area contributed by atoms with Crippen LogP contribution in [0, 0.1) is 19.7 Å². The zero-order valence-electron chi connectivity index (χ0n) is 18.5. The Morgan fingerprint density at radius 3 is 2.62 bits per heavy atom. The van der Waals surface area contributed by atoms with Crippen LogP contribution in [0.2, 0.25) is 0 Å². The van der Waals surface area contributed by atoms with Crippen molar-refractivity contribution in [2.45, 2.75) is 33.2 Å². The molecule has 2 aromatic heterocycles. The lowest BCUT2D eigenvalue weighted by atomic mass is 10.0. The molecule has 0 amide bonds. The van der Waals surface area contributed by atoms with Crippen LogP contribution in [0.5, 0.6) is 5.75 Å². The van der Waals surface area contributed by atoms with Gasteiger partial charge in [0.25, 0.3) is 0 Å². The highest BCUT2D eigenvalue weighted by atomic mass is 19.1. The smallest absolute Gasteiger partial charge is 0.143 e. The lowest BCUT2D eigenvalue weighted by molar-refractivity contribution is 0.413. The van der Waals surface area contributed by atoms with E-state index >= 15 is 0 Å². The van der Waals surface area contributed by atoms with Crippen molar-refractivity contribution in [3.8, 4) is 22.7 Å². The van der Waals surface area contributed by atoms with Crippen LogP contribution in [0.3, 0.4) is 0 Å². The first-order valence-corrected chi connectivity index (χ1v) is 10.8. The van der Waals surface area contributed by atoms with Gasteiger partial charge in [0, 0.05) is 24.0 Å². The number of hydrogen-bond acceptors (Lipinski definition) is 3. The van der Waals surface area contributed by atoms with Gasteiger partial charge in [-0.1, -0.05) is 6.07 Å². The molecule has 0 atom stereocenters. The molecule has 6 heteroatoms. The lowest BCUT2D eigenvalue weighted by Gasteiger charge is -2.18. The van der Waals surface area contributed by atoms with Gasteiger partial charge in [0.15, 0.2) is 0 Å². The maximum absolute atomic E-state index is 13.4. The Hall–Kier alpha value is -3.67. The molecule has 0 fully saturated rings. The van der Waals surface area contributed by atoms with Gasteiger partial charge in [-0.05, 0) is 80.3 Å². The number of aromatic nitrogens is 4. The molecule has 0 spiro atoms. The van der Waals surface area contributed by atoms with Crippen molar-refractivity contribution in [1.82, 2.24) is 19.1 Å². The van der Waals surface area contributed by atoms with Crippen molar-refractivity contribution in [2.75, 3.05) is 7.11 Å². The molecule has 32 heavy (non-hydrogen) atoms. The third-order valence-corrected chi connectivity index (χ3v) is 5.99. The minimum atomic E-state index is -0.237. The number of nitrogens with zero attached hydrogens (tertiary/aromatic N) is 4. The number of ether oxygens (including phenoxy) is 1. The molecule has 5 nitrogen and oxygen atoms in total. The summed E-state index contributed by atoms with van der Waals surface area (Å²) in [6, 6.07) is 12.8. The molecule has 0 unspecified atom stereocenters. The quantitative estimate of drug-likeness (QED) is 0.410. The number of halogens is 1. The molecule has 2 aromatic carbocycles. The Kier molecular flexibility index (Phi) is 5.13. The van der Waals surface area contributed by atoms with E-state index in [1.165, 1.54) is 17.7 Å². The van der Waals surface area contributed by atoms with Gasteiger partial charge in [0.05, 0.1) is 30.5 Å². The predicted molar refractivity (Wildman–Crippen MR) is 124 cm³/mol. The maximum atomic E-state index is 13.4. The molecule has 4 aromatic rings. The van der Waals surface area contributed by atoms with E-state index in [9.17, 15) is 4.39 Å². The summed E-state index contributed by atoms with van der Waals surface area (Å²) in [6.07, 6.45) is 7.99. The molecule has 0 saturated heterocycles. The summed E-state index contributed by atoms with van der Waals surface area (Å²) in [4.78, 5) is 9.28. The first-order valence-electron chi connectivity index (χ1n) is 10.8. The van der Waals surface area contributed by atoms with Crippen molar-refractivity contribution >= 4 is 11.6 Å². The first-order chi connectivity index (χ1) is 15.5. The number of methoxy groups -OCH3 is 1. The third-order valence-electron chi connectivity index (χ3n) is 5.99. The third kappa shape index (κ3) is 3.62. The summed E-state index contributed by atoms with van der Waals surface area (Å²) in [5.74, 6) is 1.54. The molecule has 5 rings (SSSR count). The topological polar surface area (TPSA) is 44.9 Å². The van der Waals surface area contributed by atoms with E-state index in [2.05, 4.69) is 34.7 Å². The zero-order chi connectivity index (χ0) is 22.2. The molecule has 3 heterocycles. The minimum Gasteiger partial charge on any atom is -0.495 e. The number of fused-ring (bicyclic) bond motifs is 1. The van der Waals surface area contributed by atoms with E-state index in [0.717, 1.165) is 64.9 Å². The number of allylic oxidation sites excluding steroid dienone is 1. The van der Waals surface area contributed by atoms with Crippen molar-refractivity contribution in [2.24, 2.45) is 0 Å². The van der Waals surface area contributed by atoms with Crippen LogP contribution in [0.15, 0.2) is 55.0 Å². The van der Waals surface area contributed by atoms with Crippen molar-refractivity contribution in [3.05, 3.63) is 83.6 Å². The molecule has 0 aliphatic carbocycles. The number of aryl methyl sites for hydroxylation is 1. The van der Waals surface area contributed by atoms with Gasteiger partial charge in [-0.15, -0.1) is 0 Å². The second kappa shape index (κ2) is 8.11. The predicted octanol–water partition coefficient (Wildman–Crippen LogP) is 5.83. The van der Waals surface area contributed by atoms with Crippen LogP contribution in [0.4, 0.5) is 4.39 Å². The monoisotopic (exact) mass is 428 g/mol. The highest BCUT2D eigenvalue weighted by molar-refractivity contribution is 5.81. The van der Waals surface area contributed by atoms with Crippen LogP contribution in [0.1, 0.15) is 35.6 Å². The van der Waals surface area contributed by atoms with Crippen LogP contribution < -0.4 is 4.74 Å². The van der Waals surface area contributed by atoms with Gasteiger partial charge in [0.2, 0.25) is 0 Å². The average Bonchev–Trinajstić information content (AvgIpc) is 3.38. The average molecular weight is 429 g/mol. The van der Waals surface area contributed by atoms with Crippen LogP contribution in [-0.4, -0.2) is 26.2 Å². The van der Waals surface area contributed by atoms with Gasteiger partial charge in [-0.2, -0.15) is 0 Å². The number of hydrogen-bond donors (Lipinski definition) is 0. The second-order valence-electron chi connectivity index (χ2n) is 8.15. The fourth-order valence-corrected chi connectivity index (χ4v) is 4.36. The highest BCUT2D eigenvalue weighted by Gasteiger charge is 2.22. The Balaban J connectivity index is 1.53. The lowest BCUT2D eigenvalue weighted by Crippen LogP contribution is -2.11. The van der Waals surface area contributed by atoms with Gasteiger partial charge < -0.3 is 13.9 Å². The second-order valence-corrected chi connectivity index (χ2v) is 8.15. The highest BCUT2D eigenvalue weighted by Crippen LogP contribution is 2.34. The molecular formula is C26H25FN4O. The van der Waals surface area contributed by atoms with Crippen molar-refractivity contribution < 1.29 is 9.13 Å². The standard InChI is InChI=1S/C26H25FN4O/c1-17-15-30(16-28-17)23-11-6-19(14-24(23)32-3)13-21-5-4-12-31-18(2)25(29-26(21)31)20-7-9-22(27)10-8-20/h6-11,13-16H,4-5,12H2,1-3H3/b21-13+. The van der Waals surface area contributed by atoms with Crippen molar-refractivity contribution in [1.29, 1.82) is 0 Å². The fourth-order valence-electron chi connectivity index (χ4n) is 4.36. The van der Waals surface area contributed by atoms with Gasteiger partial charge >= 0.3 is 0 Å². The largest absolute Gasteiger partial charge is 0.495 e. The summed E-state index contributed by atoms with van der Waals surface area (Å²) in [5, 5.41) is 0. The zero-order valence-corrected chi connectivity index (χ0v) is 18.5. The van der Waals surface area contributed by atoms with E-state index in [0.29, 0.717) is 0 Å². The van der Waals surface area contributed by atoms with E-state index in [1.54, 1.807) is 25.6 Å². The Labute approximate surface area is 186 Å². The Morgan fingerprint density at radius 1 is 1.09 bits per heavy atom. The van der Waals surface area contributed by atoms with Gasteiger partial charge in [-0.25, -0.2) is 14.4 Å². The van der Waals surface area contributed by atoms with E-state index in [1.807, 2.05) is 23.8 Å². The van der Waals surface area contributed by atoms with Crippen LogP contribution in [0.25, 0.3) is 28.6 Å². The molecule has 0 radical (unpaired) electrons. The summed E-state index contributed by atoms with van der Waals surface area (Å²) in [7, 11) is 1.69. The summed E-state index contributed by atoms with van der Waals surface area (Å²) >= 11 is 0. The van der Waals surface area contributed by atoms with Crippen LogP contribution >= 0.6 is 0 Å². The van der Waals surface area contributed by atoms with Crippen LogP contribution in [-0.2, 0) is 6.54 Å². The fraction of sp³-hybridized carbons (Fsp3) is 0.231. The molecular weight excluding hydrogens is 403 g/mol. The number of imidazole rings is 2. The summed E-state index contributed by atoms with van der Waals surface area (Å²) in [6.45, 7) is 4.99. The molecule has 162 valence electrons. The van der Waals surface area contributed by atoms with E-state index in [4.69, 9.17) is 9.72 Å². The minimum absolute atomic E-state index is 0.237. The Bertz CT molecular complexity index is 1310. The van der Waals surface area contributed by atoms with Gasteiger partial charge in [0.1, 0.15) is 17.4 Å². The summed E-state index contributed by atoms with van der Waals surface area (Å²) < 4.78 is 23.3. The van der Waals surface area contributed by atoms with E-state index in [-0.39, 0.29) is 5.82 Å². The first kappa shape index (κ1) is 20.2. The normalized spacial score (nSPS) is 14.6. The molecule has 0 N–H and O–H groups in total. The Morgan fingerprint density at radius 2 is 1.91 bits per heavy atom. The maximum Gasteiger partial charge on any atom is 0.143 e. The molecule has 1 aliphatic rings. The number of rotatable bonds is 4. The van der Waals surface area contributed by atoms with Crippen molar-refractivity contribution in [3.63, 3.8) is 0 Å². The van der Waals surface area contributed by atoms with Gasteiger partial charge in [-0.3, -0.25) is 0 Å². The SMILES string of the molecule is COc1cc(/C=C2\CCCn3c2nc(-c2ccc(F)cc2)c3C)ccc1-n1cnc(C)c1. The summed E-state index contributed by atoms with van der Waals surface area (Å²) in [5.41, 5.74) is 7.13.